The van der Waals surface area contributed by atoms with Gasteiger partial charge in [0.25, 0.3) is 0 Å². The van der Waals surface area contributed by atoms with E-state index in [1.807, 2.05) is 97.0 Å². The number of ether oxygens (including phenoxy) is 1. The Bertz CT molecular complexity index is 1670. The molecule has 0 saturated heterocycles. The molecule has 0 unspecified atom stereocenters. The quantitative estimate of drug-likeness (QED) is 0.121. The highest BCUT2D eigenvalue weighted by Gasteiger charge is 2.35. The lowest BCUT2D eigenvalue weighted by molar-refractivity contribution is -0.144. The lowest BCUT2D eigenvalue weighted by Gasteiger charge is -2.35. The van der Waals surface area contributed by atoms with Crippen LogP contribution in [0.15, 0.2) is 78.9 Å². The number of carboxylic acids is 1. The van der Waals surface area contributed by atoms with Crippen LogP contribution < -0.4 is 15.8 Å². The van der Waals surface area contributed by atoms with Crippen molar-refractivity contribution in [2.24, 2.45) is 5.73 Å². The Morgan fingerprint density at radius 2 is 1.71 bits per heavy atom. The number of nitrogens with zero attached hydrogens (tertiary/aromatic N) is 5. The number of aliphatic carboxylic acids is 1. The summed E-state index contributed by atoms with van der Waals surface area (Å²) in [5.74, 6) is -1.22. The lowest BCUT2D eigenvalue weighted by Crippen LogP contribution is -2.55. The Labute approximate surface area is 292 Å². The first-order valence-corrected chi connectivity index (χ1v) is 17.4. The number of nitrogens with one attached hydrogen (secondary N) is 1. The molecule has 0 radical (unpaired) electrons. The molecule has 0 bridgehead atoms. The van der Waals surface area contributed by atoms with Crippen molar-refractivity contribution in [2.75, 3.05) is 20.1 Å². The highest BCUT2D eigenvalue weighted by atomic mass is 32.2. The van der Waals surface area contributed by atoms with E-state index < -0.39 is 30.0 Å². The van der Waals surface area contributed by atoms with Crippen LogP contribution in [0.4, 0.5) is 0 Å². The summed E-state index contributed by atoms with van der Waals surface area (Å²) in [5.41, 5.74) is 9.12. The van der Waals surface area contributed by atoms with E-state index in [0.29, 0.717) is 25.9 Å². The molecule has 4 atom stereocenters. The summed E-state index contributed by atoms with van der Waals surface area (Å²) >= 11 is 1.27. The first kappa shape index (κ1) is 37.4. The molecule has 0 fully saturated rings. The van der Waals surface area contributed by atoms with Crippen LogP contribution in [-0.2, 0) is 27.2 Å². The summed E-state index contributed by atoms with van der Waals surface area (Å²) in [6.45, 7) is 6.48. The SMILES string of the molecule is CCC[C@@H](C(=O)N(C)[C@H](C)C(=O)N[C@H](Cc1ccccc1)C(=O)O)N(C[C@@H](C)Oc1ccccc1CCCN)Sn1nnc2ccccc21. The number of nitrogens with two attached hydrogens (primary N) is 1. The van der Waals surface area contributed by atoms with Crippen LogP contribution in [0.5, 0.6) is 5.75 Å². The topological polar surface area (TPSA) is 156 Å². The summed E-state index contributed by atoms with van der Waals surface area (Å²) in [5, 5.41) is 21.1. The van der Waals surface area contributed by atoms with Gasteiger partial charge in [0.05, 0.1) is 12.1 Å². The standard InChI is InChI=1S/C36H47N7O5S/c1-5-14-32(35(45)41(4)26(3)34(44)38-30(36(46)47)23-27-15-7-6-8-16-27)42(49-43-31-20-11-10-19-29(31)39-40-43)24-25(2)48-33-21-12-9-17-28(33)18-13-22-37/h6-12,15-17,19-21,25-26,30,32H,5,13-14,18,22-24,37H2,1-4H3,(H,38,44)(H,46,47)/t25-,26-,30-,32+/m1/s1. The van der Waals surface area contributed by atoms with Gasteiger partial charge in [-0.05, 0) is 69.0 Å². The third-order valence-electron chi connectivity index (χ3n) is 8.29. The second kappa shape index (κ2) is 18.3. The van der Waals surface area contributed by atoms with Gasteiger partial charge in [-0.1, -0.05) is 79.2 Å². The van der Waals surface area contributed by atoms with E-state index in [4.69, 9.17) is 10.5 Å². The lowest BCUT2D eigenvalue weighted by atomic mass is 10.1. The Kier molecular flexibility index (Phi) is 14.0. The molecule has 3 aromatic carbocycles. The number of rotatable bonds is 19. The largest absolute Gasteiger partial charge is 0.489 e. The number of aryl methyl sites for hydroxylation is 1. The Hall–Kier alpha value is -4.46. The molecule has 49 heavy (non-hydrogen) atoms. The molecule has 0 aliphatic heterocycles. The van der Waals surface area contributed by atoms with Gasteiger partial charge in [-0.2, -0.15) is 4.09 Å². The average Bonchev–Trinajstić information content (AvgIpc) is 3.51. The molecule has 12 nitrogen and oxygen atoms in total. The van der Waals surface area contributed by atoms with Crippen LogP contribution in [0.25, 0.3) is 11.0 Å². The molecule has 262 valence electrons. The second-order valence-electron chi connectivity index (χ2n) is 12.1. The average molecular weight is 690 g/mol. The maximum absolute atomic E-state index is 14.3. The van der Waals surface area contributed by atoms with Gasteiger partial charge in [0.2, 0.25) is 11.8 Å². The van der Waals surface area contributed by atoms with Crippen LogP contribution in [-0.4, -0.2) is 90.9 Å². The van der Waals surface area contributed by atoms with Gasteiger partial charge in [-0.15, -0.1) is 5.10 Å². The zero-order valence-electron chi connectivity index (χ0n) is 28.6. The Morgan fingerprint density at radius 1 is 1.02 bits per heavy atom. The maximum atomic E-state index is 14.3. The summed E-state index contributed by atoms with van der Waals surface area (Å²) in [4.78, 5) is 41.2. The second-order valence-corrected chi connectivity index (χ2v) is 13.1. The molecule has 0 aliphatic rings. The van der Waals surface area contributed by atoms with E-state index in [0.717, 1.165) is 40.8 Å². The third-order valence-corrected chi connectivity index (χ3v) is 9.33. The summed E-state index contributed by atoms with van der Waals surface area (Å²) in [6, 6.07) is 21.8. The minimum Gasteiger partial charge on any atom is -0.489 e. The molecule has 1 heterocycles. The molecule has 13 heteroatoms. The monoisotopic (exact) mass is 689 g/mol. The van der Waals surface area contributed by atoms with Gasteiger partial charge in [0.15, 0.2) is 0 Å². The highest BCUT2D eigenvalue weighted by Crippen LogP contribution is 2.27. The van der Waals surface area contributed by atoms with Gasteiger partial charge in [0.1, 0.15) is 41.0 Å². The number of amides is 2. The molecule has 0 aliphatic carbocycles. The van der Waals surface area contributed by atoms with Gasteiger partial charge in [0, 0.05) is 20.0 Å². The first-order chi connectivity index (χ1) is 23.6. The van der Waals surface area contributed by atoms with E-state index >= 15 is 0 Å². The fraction of sp³-hybridized carbons (Fsp3) is 0.417. The number of hydrogen-bond donors (Lipinski definition) is 3. The molecule has 1 aromatic heterocycles. The van der Waals surface area contributed by atoms with Crippen molar-refractivity contribution in [2.45, 2.75) is 77.1 Å². The van der Waals surface area contributed by atoms with Crippen LogP contribution in [0.1, 0.15) is 51.2 Å². The van der Waals surface area contributed by atoms with Gasteiger partial charge >= 0.3 is 5.97 Å². The number of fused-ring (bicyclic) bond motifs is 1. The number of likely N-dealkylation sites (N-methyl/N-ethyl adjacent to an activating group) is 1. The van der Waals surface area contributed by atoms with Gasteiger partial charge in [-0.3, -0.25) is 9.59 Å². The Balaban J connectivity index is 1.56. The minimum atomic E-state index is -1.15. The molecule has 2 amide bonds. The minimum absolute atomic E-state index is 0.119. The van der Waals surface area contributed by atoms with E-state index in [1.165, 1.54) is 17.0 Å². The molecule has 0 spiro atoms. The number of benzene rings is 3. The van der Waals surface area contributed by atoms with Crippen molar-refractivity contribution >= 4 is 41.0 Å². The van der Waals surface area contributed by atoms with E-state index in [1.54, 1.807) is 18.1 Å². The highest BCUT2D eigenvalue weighted by molar-refractivity contribution is 7.95. The van der Waals surface area contributed by atoms with E-state index in [-0.39, 0.29) is 18.4 Å². The zero-order chi connectivity index (χ0) is 35.3. The first-order valence-electron chi connectivity index (χ1n) is 16.7. The molecule has 4 N–H and O–H groups in total. The molecular weight excluding hydrogens is 643 g/mol. The number of hydrogen-bond acceptors (Lipinski definition) is 9. The fourth-order valence-corrected chi connectivity index (χ4v) is 6.55. The van der Waals surface area contributed by atoms with E-state index in [9.17, 15) is 19.5 Å². The van der Waals surface area contributed by atoms with Crippen molar-refractivity contribution < 1.29 is 24.2 Å². The number of aromatic nitrogens is 3. The third kappa shape index (κ3) is 10.3. The molecular formula is C36H47N7O5S. The van der Waals surface area contributed by atoms with Crippen molar-refractivity contribution in [1.82, 2.24) is 28.9 Å². The Morgan fingerprint density at radius 3 is 2.43 bits per heavy atom. The normalized spacial score (nSPS) is 13.8. The van der Waals surface area contributed by atoms with Crippen molar-refractivity contribution in [3.63, 3.8) is 0 Å². The van der Waals surface area contributed by atoms with Gasteiger partial charge in [-0.25, -0.2) is 9.10 Å². The van der Waals surface area contributed by atoms with Crippen LogP contribution in [0.3, 0.4) is 0 Å². The smallest absolute Gasteiger partial charge is 0.326 e. The zero-order valence-corrected chi connectivity index (χ0v) is 29.4. The molecule has 4 aromatic rings. The van der Waals surface area contributed by atoms with Crippen LogP contribution in [0.2, 0.25) is 0 Å². The molecule has 0 saturated carbocycles. The molecule has 4 rings (SSSR count). The predicted molar refractivity (Wildman–Crippen MR) is 192 cm³/mol. The summed E-state index contributed by atoms with van der Waals surface area (Å²) in [7, 11) is 1.57. The predicted octanol–water partition coefficient (Wildman–Crippen LogP) is 4.33. The number of carbonyl (C=O) groups is 3. The van der Waals surface area contributed by atoms with Crippen LogP contribution >= 0.6 is 12.1 Å². The maximum Gasteiger partial charge on any atom is 0.326 e. The fourth-order valence-electron chi connectivity index (χ4n) is 5.46. The number of carboxylic acid groups (broad SMARTS) is 1. The van der Waals surface area contributed by atoms with E-state index in [2.05, 4.69) is 15.6 Å². The summed E-state index contributed by atoms with van der Waals surface area (Å²) in [6.07, 6.45) is 2.58. The number of para-hydroxylation sites is 2. The van der Waals surface area contributed by atoms with Gasteiger partial charge < -0.3 is 25.8 Å². The summed E-state index contributed by atoms with van der Waals surface area (Å²) < 4.78 is 10.1. The van der Waals surface area contributed by atoms with Crippen molar-refractivity contribution in [1.29, 1.82) is 0 Å². The van der Waals surface area contributed by atoms with Crippen molar-refractivity contribution in [3.05, 3.63) is 90.0 Å². The van der Waals surface area contributed by atoms with Crippen LogP contribution in [0, 0.1) is 0 Å². The number of carbonyl (C=O) groups excluding carboxylic acids is 2. The van der Waals surface area contributed by atoms with Crippen molar-refractivity contribution in [3.8, 4) is 5.75 Å².